The molecular formula is C11H14N2O3. The molecule has 1 heterocycles. The second-order valence-corrected chi connectivity index (χ2v) is 3.73. The van der Waals surface area contributed by atoms with E-state index in [0.717, 1.165) is 0 Å². The number of carbonyl (C=O) groups is 1. The minimum Gasteiger partial charge on any atom is -0.454 e. The second-order valence-electron chi connectivity index (χ2n) is 3.73. The second kappa shape index (κ2) is 4.40. The SMILES string of the molecule is CC(N)CNC(=O)c1cccc2c1OCO2. The first-order valence-electron chi connectivity index (χ1n) is 5.11. The summed E-state index contributed by atoms with van der Waals surface area (Å²) in [4.78, 5) is 11.8. The Hall–Kier alpha value is -1.75. The molecule has 1 unspecified atom stereocenters. The van der Waals surface area contributed by atoms with Gasteiger partial charge in [0.15, 0.2) is 11.5 Å². The Morgan fingerprint density at radius 3 is 3.12 bits per heavy atom. The lowest BCUT2D eigenvalue weighted by Gasteiger charge is -2.09. The highest BCUT2D eigenvalue weighted by molar-refractivity contribution is 5.97. The minimum absolute atomic E-state index is 0.0714. The molecule has 1 aliphatic rings. The number of hydrogen-bond acceptors (Lipinski definition) is 4. The molecule has 0 aliphatic carbocycles. The number of carbonyl (C=O) groups excluding carboxylic acids is 1. The van der Waals surface area contributed by atoms with Crippen molar-refractivity contribution < 1.29 is 14.3 Å². The first kappa shape index (κ1) is 10.8. The van der Waals surface area contributed by atoms with E-state index in [4.69, 9.17) is 15.2 Å². The van der Waals surface area contributed by atoms with Crippen LogP contribution in [0.4, 0.5) is 0 Å². The first-order valence-corrected chi connectivity index (χ1v) is 5.11. The number of rotatable bonds is 3. The van der Waals surface area contributed by atoms with Crippen molar-refractivity contribution in [2.45, 2.75) is 13.0 Å². The van der Waals surface area contributed by atoms with E-state index in [1.807, 2.05) is 6.92 Å². The standard InChI is InChI=1S/C11H14N2O3/c1-7(12)5-13-11(14)8-3-2-4-9-10(8)16-6-15-9/h2-4,7H,5-6,12H2,1H3,(H,13,14). The summed E-state index contributed by atoms with van der Waals surface area (Å²) in [7, 11) is 0. The molecule has 0 spiro atoms. The molecule has 1 amide bonds. The molecule has 1 aromatic rings. The van der Waals surface area contributed by atoms with Gasteiger partial charge in [-0.1, -0.05) is 6.07 Å². The fourth-order valence-corrected chi connectivity index (χ4v) is 1.46. The Morgan fingerprint density at radius 1 is 1.56 bits per heavy atom. The van der Waals surface area contributed by atoms with Gasteiger partial charge in [0.25, 0.3) is 5.91 Å². The average molecular weight is 222 g/mol. The van der Waals surface area contributed by atoms with Crippen molar-refractivity contribution >= 4 is 5.91 Å². The molecule has 2 rings (SSSR count). The Labute approximate surface area is 93.5 Å². The van der Waals surface area contributed by atoms with Gasteiger partial charge in [0.2, 0.25) is 6.79 Å². The van der Waals surface area contributed by atoms with Crippen LogP contribution in [0.3, 0.4) is 0 Å². The van der Waals surface area contributed by atoms with Crippen molar-refractivity contribution in [3.8, 4) is 11.5 Å². The summed E-state index contributed by atoms with van der Waals surface area (Å²) in [5, 5.41) is 2.73. The van der Waals surface area contributed by atoms with Gasteiger partial charge in [0, 0.05) is 12.6 Å². The molecular weight excluding hydrogens is 208 g/mol. The van der Waals surface area contributed by atoms with E-state index in [0.29, 0.717) is 23.6 Å². The van der Waals surface area contributed by atoms with E-state index in [1.165, 1.54) is 0 Å². The van der Waals surface area contributed by atoms with Crippen LogP contribution < -0.4 is 20.5 Å². The van der Waals surface area contributed by atoms with Crippen LogP contribution in [0, 0.1) is 0 Å². The fourth-order valence-electron chi connectivity index (χ4n) is 1.46. The van der Waals surface area contributed by atoms with Crippen molar-refractivity contribution in [2.24, 2.45) is 5.73 Å². The van der Waals surface area contributed by atoms with E-state index in [-0.39, 0.29) is 18.7 Å². The first-order chi connectivity index (χ1) is 7.68. The molecule has 16 heavy (non-hydrogen) atoms. The van der Waals surface area contributed by atoms with E-state index < -0.39 is 0 Å². The molecule has 0 aromatic heterocycles. The summed E-state index contributed by atoms with van der Waals surface area (Å²) in [6, 6.07) is 5.15. The van der Waals surface area contributed by atoms with Gasteiger partial charge in [-0.05, 0) is 19.1 Å². The van der Waals surface area contributed by atoms with Crippen LogP contribution in [0.1, 0.15) is 17.3 Å². The van der Waals surface area contributed by atoms with Crippen LogP contribution in [0.25, 0.3) is 0 Å². The predicted molar refractivity (Wildman–Crippen MR) is 58.5 cm³/mol. The van der Waals surface area contributed by atoms with Crippen molar-refractivity contribution in [3.05, 3.63) is 23.8 Å². The van der Waals surface area contributed by atoms with Gasteiger partial charge >= 0.3 is 0 Å². The largest absolute Gasteiger partial charge is 0.454 e. The summed E-state index contributed by atoms with van der Waals surface area (Å²) in [5.41, 5.74) is 6.04. The van der Waals surface area contributed by atoms with Crippen molar-refractivity contribution in [2.75, 3.05) is 13.3 Å². The Kier molecular flexibility index (Phi) is 2.96. The molecule has 0 fully saturated rings. The van der Waals surface area contributed by atoms with Gasteiger partial charge in [-0.3, -0.25) is 4.79 Å². The molecule has 0 saturated heterocycles. The quantitative estimate of drug-likeness (QED) is 0.780. The maximum Gasteiger partial charge on any atom is 0.255 e. The summed E-state index contributed by atoms with van der Waals surface area (Å²) >= 11 is 0. The average Bonchev–Trinajstić information content (AvgIpc) is 2.73. The molecule has 1 aromatic carbocycles. The third kappa shape index (κ3) is 2.09. The highest BCUT2D eigenvalue weighted by atomic mass is 16.7. The van der Waals surface area contributed by atoms with Crippen molar-refractivity contribution in [1.82, 2.24) is 5.32 Å². The number of ether oxygens (including phenoxy) is 2. The molecule has 1 atom stereocenters. The lowest BCUT2D eigenvalue weighted by Crippen LogP contribution is -2.35. The molecule has 0 bridgehead atoms. The zero-order valence-electron chi connectivity index (χ0n) is 9.03. The molecule has 5 heteroatoms. The third-order valence-corrected chi connectivity index (χ3v) is 2.23. The number of amides is 1. The number of fused-ring (bicyclic) bond motifs is 1. The van der Waals surface area contributed by atoms with Crippen LogP contribution in [-0.4, -0.2) is 25.3 Å². The van der Waals surface area contributed by atoms with Gasteiger partial charge in [0.05, 0.1) is 5.56 Å². The summed E-state index contributed by atoms with van der Waals surface area (Å²) in [6.07, 6.45) is 0. The van der Waals surface area contributed by atoms with Gasteiger partial charge in [0.1, 0.15) is 0 Å². The molecule has 0 saturated carbocycles. The van der Waals surface area contributed by atoms with Crippen LogP contribution >= 0.6 is 0 Å². The summed E-state index contributed by atoms with van der Waals surface area (Å²) in [6.45, 7) is 2.42. The third-order valence-electron chi connectivity index (χ3n) is 2.23. The van der Waals surface area contributed by atoms with Crippen molar-refractivity contribution in [3.63, 3.8) is 0 Å². The summed E-state index contributed by atoms with van der Waals surface area (Å²) < 4.78 is 10.4. The lowest BCUT2D eigenvalue weighted by molar-refractivity contribution is 0.0947. The van der Waals surface area contributed by atoms with E-state index in [1.54, 1.807) is 18.2 Å². The topological polar surface area (TPSA) is 73.6 Å². The van der Waals surface area contributed by atoms with Crippen LogP contribution in [0.2, 0.25) is 0 Å². The van der Waals surface area contributed by atoms with E-state index in [2.05, 4.69) is 5.32 Å². The van der Waals surface area contributed by atoms with Crippen molar-refractivity contribution in [1.29, 1.82) is 0 Å². The van der Waals surface area contributed by atoms with Gasteiger partial charge in [-0.15, -0.1) is 0 Å². The Balaban J connectivity index is 2.15. The molecule has 3 N–H and O–H groups in total. The smallest absolute Gasteiger partial charge is 0.255 e. The highest BCUT2D eigenvalue weighted by Crippen LogP contribution is 2.35. The maximum absolute atomic E-state index is 11.8. The number of nitrogens with one attached hydrogen (secondary N) is 1. The molecule has 0 radical (unpaired) electrons. The monoisotopic (exact) mass is 222 g/mol. The van der Waals surface area contributed by atoms with Gasteiger partial charge < -0.3 is 20.5 Å². The van der Waals surface area contributed by atoms with E-state index >= 15 is 0 Å². The molecule has 1 aliphatic heterocycles. The highest BCUT2D eigenvalue weighted by Gasteiger charge is 2.21. The zero-order valence-corrected chi connectivity index (χ0v) is 9.03. The number of para-hydroxylation sites is 1. The zero-order chi connectivity index (χ0) is 11.5. The summed E-state index contributed by atoms with van der Waals surface area (Å²) in [5.74, 6) is 0.915. The predicted octanol–water partition coefficient (Wildman–Crippen LogP) is 0.492. The molecule has 86 valence electrons. The Morgan fingerprint density at radius 2 is 2.38 bits per heavy atom. The van der Waals surface area contributed by atoms with Gasteiger partial charge in [-0.25, -0.2) is 0 Å². The van der Waals surface area contributed by atoms with Gasteiger partial charge in [-0.2, -0.15) is 0 Å². The minimum atomic E-state index is -0.195. The lowest BCUT2D eigenvalue weighted by atomic mass is 10.1. The number of benzene rings is 1. The molecule has 5 nitrogen and oxygen atoms in total. The maximum atomic E-state index is 11.8. The Bertz CT molecular complexity index is 404. The van der Waals surface area contributed by atoms with Crippen LogP contribution in [-0.2, 0) is 0 Å². The normalized spacial score (nSPS) is 14.6. The van der Waals surface area contributed by atoms with Crippen LogP contribution in [0.5, 0.6) is 11.5 Å². The fraction of sp³-hybridized carbons (Fsp3) is 0.364. The number of nitrogens with two attached hydrogens (primary N) is 1. The number of hydrogen-bond donors (Lipinski definition) is 2. The van der Waals surface area contributed by atoms with E-state index in [9.17, 15) is 4.79 Å². The van der Waals surface area contributed by atoms with Crippen LogP contribution in [0.15, 0.2) is 18.2 Å².